The minimum absolute atomic E-state index is 0.306. The second-order valence-corrected chi connectivity index (χ2v) is 17.1. The van der Waals surface area contributed by atoms with E-state index in [-0.39, 0.29) is 11.6 Å². The fourth-order valence-corrected chi connectivity index (χ4v) is 11.0. The van der Waals surface area contributed by atoms with E-state index in [1.165, 1.54) is 34.4 Å². The predicted octanol–water partition coefficient (Wildman–Crippen LogP) is 16.7. The van der Waals surface area contributed by atoms with E-state index in [2.05, 4.69) is 168 Å². The van der Waals surface area contributed by atoms with E-state index in [1.807, 2.05) is 48.5 Å². The van der Waals surface area contributed by atoms with Crippen LogP contribution in [0.2, 0.25) is 0 Å². The minimum Gasteiger partial charge on any atom is -0.308 e. The van der Waals surface area contributed by atoms with Gasteiger partial charge in [-0.15, -0.1) is 0 Å². The Morgan fingerprint density at radius 1 is 0.292 bits per heavy atom. The Morgan fingerprint density at radius 3 is 1.38 bits per heavy atom. The first-order valence-corrected chi connectivity index (χ1v) is 22.1. The Labute approximate surface area is 375 Å². The number of rotatable bonds is 6. The first-order chi connectivity index (χ1) is 32.1. The van der Waals surface area contributed by atoms with Gasteiger partial charge in [0.25, 0.3) is 0 Å². The topological polar surface area (TPSA) is 6.48 Å². The molecule has 306 valence electrons. The molecule has 0 aliphatic heterocycles. The zero-order valence-electron chi connectivity index (χ0n) is 35.1. The highest BCUT2D eigenvalue weighted by atomic mass is 19.1. The van der Waals surface area contributed by atoms with Crippen LogP contribution in [0, 0.1) is 11.6 Å². The van der Waals surface area contributed by atoms with Crippen LogP contribution in [0.3, 0.4) is 0 Å². The fraction of sp³-hybridized carbons (Fsp3) is 0.0164. The lowest BCUT2D eigenvalue weighted by atomic mass is 9.61. The van der Waals surface area contributed by atoms with Crippen molar-refractivity contribution in [1.29, 1.82) is 0 Å². The number of hydrogen-bond donors (Lipinski definition) is 0. The second-order valence-electron chi connectivity index (χ2n) is 17.1. The zero-order chi connectivity index (χ0) is 43.2. The molecule has 11 aromatic rings. The number of nitrogens with zero attached hydrogens (tertiary/aromatic N) is 2. The lowest BCUT2D eigenvalue weighted by Gasteiger charge is -2.41. The molecule has 2 aliphatic carbocycles. The normalized spacial score (nSPS) is 12.9. The molecule has 0 heterocycles. The van der Waals surface area contributed by atoms with Crippen molar-refractivity contribution in [3.8, 4) is 22.3 Å². The van der Waals surface area contributed by atoms with Crippen molar-refractivity contribution < 1.29 is 8.78 Å². The summed E-state index contributed by atoms with van der Waals surface area (Å²) in [5.41, 5.74) is 12.8. The van der Waals surface area contributed by atoms with Crippen LogP contribution in [0.1, 0.15) is 22.3 Å². The van der Waals surface area contributed by atoms with E-state index in [1.54, 1.807) is 12.1 Å². The molecule has 0 atom stereocenters. The van der Waals surface area contributed by atoms with E-state index in [0.717, 1.165) is 77.3 Å². The van der Waals surface area contributed by atoms with Crippen molar-refractivity contribution >= 4 is 66.4 Å². The van der Waals surface area contributed by atoms with Crippen molar-refractivity contribution in [2.45, 2.75) is 5.41 Å². The molecule has 0 unspecified atom stereocenters. The van der Waals surface area contributed by atoms with Crippen molar-refractivity contribution in [2.24, 2.45) is 0 Å². The molecule has 11 aromatic carbocycles. The van der Waals surface area contributed by atoms with Crippen molar-refractivity contribution in [2.75, 3.05) is 9.80 Å². The highest BCUT2D eigenvalue weighted by Gasteiger charge is 2.50. The Hall–Kier alpha value is -8.34. The molecular weight excluding hydrogens is 799 g/mol. The lowest BCUT2D eigenvalue weighted by molar-refractivity contribution is 0.628. The maximum Gasteiger partial charge on any atom is 0.147 e. The molecule has 0 fully saturated rings. The predicted molar refractivity (Wildman–Crippen MR) is 265 cm³/mol. The smallest absolute Gasteiger partial charge is 0.147 e. The van der Waals surface area contributed by atoms with Crippen LogP contribution in [0.25, 0.3) is 54.6 Å². The Bertz CT molecular complexity index is 3690. The van der Waals surface area contributed by atoms with Crippen molar-refractivity contribution in [3.05, 3.63) is 264 Å². The van der Waals surface area contributed by atoms with Gasteiger partial charge < -0.3 is 9.80 Å². The molecular formula is C61H38F2N2. The molecule has 13 rings (SSSR count). The van der Waals surface area contributed by atoms with Gasteiger partial charge in [-0.25, -0.2) is 8.78 Å². The second kappa shape index (κ2) is 14.3. The van der Waals surface area contributed by atoms with Gasteiger partial charge in [0.2, 0.25) is 0 Å². The summed E-state index contributed by atoms with van der Waals surface area (Å²) in [6, 6.07) is 78.5. The van der Waals surface area contributed by atoms with E-state index in [4.69, 9.17) is 0 Å². The largest absolute Gasteiger partial charge is 0.308 e. The monoisotopic (exact) mass is 836 g/mol. The van der Waals surface area contributed by atoms with E-state index in [0.29, 0.717) is 11.4 Å². The van der Waals surface area contributed by atoms with Gasteiger partial charge in [-0.2, -0.15) is 0 Å². The maximum absolute atomic E-state index is 16.3. The molecule has 0 amide bonds. The van der Waals surface area contributed by atoms with Gasteiger partial charge in [-0.3, -0.25) is 0 Å². The van der Waals surface area contributed by atoms with Gasteiger partial charge in [0.05, 0.1) is 22.5 Å². The van der Waals surface area contributed by atoms with Crippen LogP contribution in [0.4, 0.5) is 42.9 Å². The molecule has 1 spiro atoms. The summed E-state index contributed by atoms with van der Waals surface area (Å²) in [5.74, 6) is -0.613. The summed E-state index contributed by atoms with van der Waals surface area (Å²) in [4.78, 5) is 4.12. The van der Waals surface area contributed by atoms with Crippen molar-refractivity contribution in [1.82, 2.24) is 0 Å². The third-order valence-electron chi connectivity index (χ3n) is 13.7. The molecule has 4 heteroatoms. The highest BCUT2D eigenvalue weighted by Crippen LogP contribution is 2.63. The van der Waals surface area contributed by atoms with Gasteiger partial charge in [-0.05, 0) is 138 Å². The van der Waals surface area contributed by atoms with E-state index < -0.39 is 5.41 Å². The van der Waals surface area contributed by atoms with Crippen LogP contribution in [-0.4, -0.2) is 0 Å². The fourth-order valence-electron chi connectivity index (χ4n) is 11.0. The molecule has 65 heavy (non-hydrogen) atoms. The summed E-state index contributed by atoms with van der Waals surface area (Å²) in [6.45, 7) is 0. The van der Waals surface area contributed by atoms with Gasteiger partial charge in [0.1, 0.15) is 11.6 Å². The third kappa shape index (κ3) is 5.44. The Balaban J connectivity index is 1.12. The summed E-state index contributed by atoms with van der Waals surface area (Å²) >= 11 is 0. The molecule has 0 N–H and O–H groups in total. The number of benzene rings is 11. The average molecular weight is 837 g/mol. The summed E-state index contributed by atoms with van der Waals surface area (Å²) in [6.07, 6.45) is 0. The number of hydrogen-bond acceptors (Lipinski definition) is 2. The molecule has 0 bridgehead atoms. The van der Waals surface area contributed by atoms with E-state index >= 15 is 8.78 Å². The van der Waals surface area contributed by atoms with Crippen LogP contribution < -0.4 is 9.80 Å². The third-order valence-corrected chi connectivity index (χ3v) is 13.7. The lowest BCUT2D eigenvalue weighted by Crippen LogP contribution is -2.32. The summed E-state index contributed by atoms with van der Waals surface area (Å²) in [7, 11) is 0. The van der Waals surface area contributed by atoms with Crippen LogP contribution in [0.5, 0.6) is 0 Å². The molecule has 0 aromatic heterocycles. The van der Waals surface area contributed by atoms with Gasteiger partial charge in [-0.1, -0.05) is 164 Å². The highest BCUT2D eigenvalue weighted by molar-refractivity contribution is 6.13. The first kappa shape index (κ1) is 37.2. The Kier molecular flexibility index (Phi) is 8.22. The number of para-hydroxylation sites is 2. The number of halogens is 2. The maximum atomic E-state index is 16.3. The summed E-state index contributed by atoms with van der Waals surface area (Å²) < 4.78 is 32.6. The van der Waals surface area contributed by atoms with E-state index in [9.17, 15) is 0 Å². The molecule has 0 saturated carbocycles. The minimum atomic E-state index is -0.764. The SMILES string of the molecule is Fc1ccccc1N(c1ccc2c(c1)C1(c3ccccc3-c3ccccc31)c1cccc3c(N(c4ccc5ccccc5c4)c4ccccc4F)ccc-2c13)c1ccc2ccccc2c1. The average Bonchev–Trinajstić information content (AvgIpc) is 3.65. The first-order valence-electron chi connectivity index (χ1n) is 22.1. The number of anilines is 6. The van der Waals surface area contributed by atoms with Gasteiger partial charge in [0, 0.05) is 22.4 Å². The van der Waals surface area contributed by atoms with Gasteiger partial charge >= 0.3 is 0 Å². The molecule has 0 saturated heterocycles. The quantitative estimate of drug-likeness (QED) is 0.165. The zero-order valence-corrected chi connectivity index (χ0v) is 35.1. The Morgan fingerprint density at radius 2 is 0.754 bits per heavy atom. The van der Waals surface area contributed by atoms with Crippen molar-refractivity contribution in [3.63, 3.8) is 0 Å². The van der Waals surface area contributed by atoms with Gasteiger partial charge in [0.15, 0.2) is 0 Å². The molecule has 2 aliphatic rings. The molecule has 2 nitrogen and oxygen atoms in total. The number of fused-ring (bicyclic) bond motifs is 11. The van der Waals surface area contributed by atoms with Crippen LogP contribution in [-0.2, 0) is 5.41 Å². The summed E-state index contributed by atoms with van der Waals surface area (Å²) in [5, 5.41) is 6.50. The van der Waals surface area contributed by atoms with Crippen LogP contribution in [0.15, 0.2) is 231 Å². The molecule has 0 radical (unpaired) electrons. The standard InChI is InChI=1S/C61H38F2N2/c62-55-24-9-11-26-58(55)64(43-30-28-39-14-1-3-16-41(39)36-43)45-32-33-48-49-34-35-57(65(59-27-12-10-25-56(59)63)44-31-29-40-15-2-4-17-42(40)37-44)50-20-13-23-53(60(49)50)61(54(48)38-45)51-21-7-5-18-46(51)47-19-6-8-22-52(47)61/h1-38H. The van der Waals surface area contributed by atoms with Crippen LogP contribution >= 0.6 is 0 Å².